The molecule has 100 valence electrons. The van der Waals surface area contributed by atoms with Crippen LogP contribution in [0.15, 0.2) is 18.2 Å². The largest absolute Gasteiger partial charge is 0.393 e. The third-order valence-electron chi connectivity index (χ3n) is 2.67. The molecule has 0 saturated carbocycles. The predicted molar refractivity (Wildman–Crippen MR) is 64.2 cm³/mol. The Bertz CT molecular complexity index is 421. The summed E-state index contributed by atoms with van der Waals surface area (Å²) in [6, 6.07) is 2.71. The van der Waals surface area contributed by atoms with Crippen molar-refractivity contribution < 1.29 is 18.7 Å². The Kier molecular flexibility index (Phi) is 5.22. The lowest BCUT2D eigenvalue weighted by Gasteiger charge is -2.14. The first-order chi connectivity index (χ1) is 8.41. The van der Waals surface area contributed by atoms with Gasteiger partial charge in [0.2, 0.25) is 0 Å². The number of halogens is 2. The van der Waals surface area contributed by atoms with Crippen LogP contribution in [0.1, 0.15) is 30.6 Å². The maximum Gasteiger partial charge on any atom is 0.254 e. The molecule has 0 spiro atoms. The highest BCUT2D eigenvalue weighted by molar-refractivity contribution is 5.94. The van der Waals surface area contributed by atoms with E-state index >= 15 is 0 Å². The van der Waals surface area contributed by atoms with Gasteiger partial charge in [-0.15, -0.1) is 0 Å². The van der Waals surface area contributed by atoms with Crippen LogP contribution >= 0.6 is 0 Å². The Labute approximate surface area is 105 Å². The standard InChI is InChI=1S/C13H17F2NO2/c1-8(2)12(17)5-6-16-13(18)10-7-9(14)3-4-11(10)15/h3-4,7-8,12,17H,5-6H2,1-2H3,(H,16,18). The van der Waals surface area contributed by atoms with Crippen LogP contribution in [0.2, 0.25) is 0 Å². The first-order valence-electron chi connectivity index (χ1n) is 5.83. The fourth-order valence-corrected chi connectivity index (χ4v) is 1.43. The molecule has 18 heavy (non-hydrogen) atoms. The number of amides is 1. The average molecular weight is 257 g/mol. The van der Waals surface area contributed by atoms with Crippen molar-refractivity contribution in [3.8, 4) is 0 Å². The molecule has 1 rings (SSSR count). The van der Waals surface area contributed by atoms with Gasteiger partial charge in [-0.2, -0.15) is 0 Å². The van der Waals surface area contributed by atoms with E-state index in [1.165, 1.54) is 0 Å². The number of carbonyl (C=O) groups excluding carboxylic acids is 1. The minimum absolute atomic E-state index is 0.0906. The van der Waals surface area contributed by atoms with Crippen LogP contribution in [-0.2, 0) is 0 Å². The van der Waals surface area contributed by atoms with E-state index in [4.69, 9.17) is 0 Å². The lowest BCUT2D eigenvalue weighted by atomic mass is 10.0. The molecule has 0 saturated heterocycles. The molecule has 0 radical (unpaired) electrons. The Morgan fingerprint density at radius 2 is 2.06 bits per heavy atom. The molecule has 1 atom stereocenters. The zero-order chi connectivity index (χ0) is 13.7. The predicted octanol–water partition coefficient (Wildman–Crippen LogP) is 2.10. The number of nitrogens with one attached hydrogen (secondary N) is 1. The van der Waals surface area contributed by atoms with Gasteiger partial charge in [-0.3, -0.25) is 4.79 Å². The molecule has 1 unspecified atom stereocenters. The van der Waals surface area contributed by atoms with Crippen molar-refractivity contribution in [3.05, 3.63) is 35.4 Å². The number of hydrogen-bond acceptors (Lipinski definition) is 2. The van der Waals surface area contributed by atoms with E-state index in [9.17, 15) is 18.7 Å². The topological polar surface area (TPSA) is 49.3 Å². The molecule has 0 heterocycles. The lowest BCUT2D eigenvalue weighted by molar-refractivity contribution is 0.0916. The summed E-state index contributed by atoms with van der Waals surface area (Å²) in [5.41, 5.74) is -0.325. The van der Waals surface area contributed by atoms with E-state index < -0.39 is 23.6 Å². The molecule has 0 bridgehead atoms. The zero-order valence-electron chi connectivity index (χ0n) is 10.4. The van der Waals surface area contributed by atoms with Crippen LogP contribution in [0.4, 0.5) is 8.78 Å². The van der Waals surface area contributed by atoms with Gasteiger partial charge < -0.3 is 10.4 Å². The molecule has 0 fully saturated rings. The molecule has 0 aliphatic carbocycles. The highest BCUT2D eigenvalue weighted by atomic mass is 19.1. The number of rotatable bonds is 5. The molecule has 1 amide bonds. The molecule has 1 aromatic rings. The summed E-state index contributed by atoms with van der Waals surface area (Å²) in [5.74, 6) is -2.02. The summed E-state index contributed by atoms with van der Waals surface area (Å²) in [5, 5.41) is 12.0. The average Bonchev–Trinajstić information content (AvgIpc) is 2.31. The van der Waals surface area contributed by atoms with Crippen molar-refractivity contribution in [1.82, 2.24) is 5.32 Å². The number of aliphatic hydroxyl groups is 1. The third-order valence-corrected chi connectivity index (χ3v) is 2.67. The number of hydrogen-bond donors (Lipinski definition) is 2. The summed E-state index contributed by atoms with van der Waals surface area (Å²) in [4.78, 5) is 11.6. The van der Waals surface area contributed by atoms with Crippen LogP contribution in [0, 0.1) is 17.6 Å². The Morgan fingerprint density at radius 1 is 1.39 bits per heavy atom. The Morgan fingerprint density at radius 3 is 2.67 bits per heavy atom. The zero-order valence-corrected chi connectivity index (χ0v) is 10.4. The van der Waals surface area contributed by atoms with E-state index in [2.05, 4.69) is 5.32 Å². The van der Waals surface area contributed by atoms with Gasteiger partial charge in [0.05, 0.1) is 11.7 Å². The van der Waals surface area contributed by atoms with Crippen molar-refractivity contribution in [2.75, 3.05) is 6.54 Å². The van der Waals surface area contributed by atoms with Crippen LogP contribution < -0.4 is 5.32 Å². The smallest absolute Gasteiger partial charge is 0.254 e. The first-order valence-corrected chi connectivity index (χ1v) is 5.83. The molecule has 5 heteroatoms. The number of aliphatic hydroxyl groups excluding tert-OH is 1. The van der Waals surface area contributed by atoms with Crippen LogP contribution in [0.5, 0.6) is 0 Å². The quantitative estimate of drug-likeness (QED) is 0.848. The van der Waals surface area contributed by atoms with E-state index in [1.807, 2.05) is 13.8 Å². The molecule has 0 aliphatic rings. The van der Waals surface area contributed by atoms with Gasteiger partial charge >= 0.3 is 0 Å². The van der Waals surface area contributed by atoms with Gasteiger partial charge in [0.25, 0.3) is 5.91 Å². The van der Waals surface area contributed by atoms with Crippen molar-refractivity contribution >= 4 is 5.91 Å². The molecular formula is C13H17F2NO2. The minimum Gasteiger partial charge on any atom is -0.393 e. The maximum atomic E-state index is 13.3. The molecule has 3 nitrogen and oxygen atoms in total. The third kappa shape index (κ3) is 4.07. The molecule has 1 aromatic carbocycles. The van der Waals surface area contributed by atoms with E-state index in [-0.39, 0.29) is 18.0 Å². The summed E-state index contributed by atoms with van der Waals surface area (Å²) >= 11 is 0. The second-order valence-corrected chi connectivity index (χ2v) is 4.48. The summed E-state index contributed by atoms with van der Waals surface area (Å²) in [7, 11) is 0. The van der Waals surface area contributed by atoms with Crippen molar-refractivity contribution in [1.29, 1.82) is 0 Å². The highest BCUT2D eigenvalue weighted by Gasteiger charge is 2.14. The van der Waals surface area contributed by atoms with Gasteiger partial charge in [-0.05, 0) is 30.5 Å². The van der Waals surface area contributed by atoms with Crippen LogP contribution in [0.25, 0.3) is 0 Å². The lowest BCUT2D eigenvalue weighted by Crippen LogP contribution is -2.29. The van der Waals surface area contributed by atoms with Crippen LogP contribution in [-0.4, -0.2) is 23.7 Å². The fourth-order valence-electron chi connectivity index (χ4n) is 1.43. The Balaban J connectivity index is 2.53. The molecule has 0 aliphatic heterocycles. The summed E-state index contributed by atoms with van der Waals surface area (Å²) in [6.45, 7) is 3.94. The maximum absolute atomic E-state index is 13.3. The fraction of sp³-hybridized carbons (Fsp3) is 0.462. The second kappa shape index (κ2) is 6.44. The normalized spacial score (nSPS) is 12.6. The van der Waals surface area contributed by atoms with Gasteiger partial charge in [-0.25, -0.2) is 8.78 Å². The van der Waals surface area contributed by atoms with E-state index in [0.717, 1.165) is 18.2 Å². The highest BCUT2D eigenvalue weighted by Crippen LogP contribution is 2.10. The van der Waals surface area contributed by atoms with Crippen molar-refractivity contribution in [2.45, 2.75) is 26.4 Å². The van der Waals surface area contributed by atoms with Crippen LogP contribution in [0.3, 0.4) is 0 Å². The number of benzene rings is 1. The first kappa shape index (κ1) is 14.6. The molecular weight excluding hydrogens is 240 g/mol. The minimum atomic E-state index is -0.765. The van der Waals surface area contributed by atoms with Crippen molar-refractivity contribution in [3.63, 3.8) is 0 Å². The second-order valence-electron chi connectivity index (χ2n) is 4.48. The summed E-state index contributed by atoms with van der Waals surface area (Å²) in [6.07, 6.45) is -0.150. The van der Waals surface area contributed by atoms with Gasteiger partial charge in [-0.1, -0.05) is 13.8 Å². The summed E-state index contributed by atoms with van der Waals surface area (Å²) < 4.78 is 26.1. The van der Waals surface area contributed by atoms with E-state index in [1.54, 1.807) is 0 Å². The monoisotopic (exact) mass is 257 g/mol. The van der Waals surface area contributed by atoms with Gasteiger partial charge in [0.15, 0.2) is 0 Å². The molecule has 0 aromatic heterocycles. The molecule has 2 N–H and O–H groups in total. The SMILES string of the molecule is CC(C)C(O)CCNC(=O)c1cc(F)ccc1F. The number of carbonyl (C=O) groups is 1. The van der Waals surface area contributed by atoms with Gasteiger partial charge in [0.1, 0.15) is 11.6 Å². The van der Waals surface area contributed by atoms with Crippen molar-refractivity contribution in [2.24, 2.45) is 5.92 Å². The van der Waals surface area contributed by atoms with Gasteiger partial charge in [0, 0.05) is 6.54 Å². The van der Waals surface area contributed by atoms with E-state index in [0.29, 0.717) is 6.42 Å². The Hall–Kier alpha value is -1.49.